The summed E-state index contributed by atoms with van der Waals surface area (Å²) in [6.45, 7) is 1.35. The highest BCUT2D eigenvalue weighted by atomic mass is 16.5. The fourth-order valence-electron chi connectivity index (χ4n) is 1.57. The van der Waals surface area contributed by atoms with Gasteiger partial charge in [0.15, 0.2) is 0 Å². The maximum Gasteiger partial charge on any atom is 0.316 e. The minimum Gasteiger partial charge on any atom is -0.461 e. The molecule has 1 aromatic heterocycles. The third kappa shape index (κ3) is 5.03. The standard InChI is InChI=1S/C14H17N3O2/c18-13(11-19-14-16-7-4-8-17-14)10-15-9-12-5-2-1-3-6-12/h1-8,13,15,18H,9-11H2. The van der Waals surface area contributed by atoms with Gasteiger partial charge in [-0.2, -0.15) is 0 Å². The predicted molar refractivity (Wildman–Crippen MR) is 71.7 cm³/mol. The van der Waals surface area contributed by atoms with Crippen LogP contribution in [0, 0.1) is 0 Å². The lowest BCUT2D eigenvalue weighted by molar-refractivity contribution is 0.101. The second kappa shape index (κ2) is 7.45. The zero-order valence-corrected chi connectivity index (χ0v) is 10.6. The first-order chi connectivity index (χ1) is 9.34. The fourth-order valence-corrected chi connectivity index (χ4v) is 1.57. The molecule has 2 aromatic rings. The molecule has 5 heteroatoms. The van der Waals surface area contributed by atoms with Crippen molar-refractivity contribution in [1.82, 2.24) is 15.3 Å². The Kier molecular flexibility index (Phi) is 5.28. The number of rotatable bonds is 7. The van der Waals surface area contributed by atoms with Crippen molar-refractivity contribution in [3.05, 3.63) is 54.4 Å². The van der Waals surface area contributed by atoms with Gasteiger partial charge in [-0.3, -0.25) is 0 Å². The Bertz CT molecular complexity index is 465. The number of aliphatic hydroxyl groups is 1. The lowest BCUT2D eigenvalue weighted by Crippen LogP contribution is -2.31. The van der Waals surface area contributed by atoms with Crippen molar-refractivity contribution in [3.8, 4) is 6.01 Å². The van der Waals surface area contributed by atoms with Gasteiger partial charge in [0.1, 0.15) is 12.7 Å². The maximum atomic E-state index is 9.75. The first-order valence-electron chi connectivity index (χ1n) is 6.17. The van der Waals surface area contributed by atoms with E-state index in [2.05, 4.69) is 15.3 Å². The highest BCUT2D eigenvalue weighted by Gasteiger charge is 2.05. The first-order valence-corrected chi connectivity index (χ1v) is 6.17. The maximum absolute atomic E-state index is 9.75. The molecule has 5 nitrogen and oxygen atoms in total. The molecule has 0 fully saturated rings. The van der Waals surface area contributed by atoms with Gasteiger partial charge < -0.3 is 15.2 Å². The molecule has 0 spiro atoms. The van der Waals surface area contributed by atoms with Crippen LogP contribution in [-0.4, -0.2) is 34.3 Å². The zero-order valence-electron chi connectivity index (χ0n) is 10.6. The van der Waals surface area contributed by atoms with E-state index in [1.54, 1.807) is 18.5 Å². The van der Waals surface area contributed by atoms with Crippen LogP contribution < -0.4 is 10.1 Å². The third-order valence-electron chi connectivity index (χ3n) is 2.50. The molecule has 1 atom stereocenters. The summed E-state index contributed by atoms with van der Waals surface area (Å²) in [5, 5.41) is 12.9. The van der Waals surface area contributed by atoms with Gasteiger partial charge in [-0.1, -0.05) is 30.3 Å². The van der Waals surface area contributed by atoms with E-state index in [1.165, 1.54) is 5.56 Å². The Morgan fingerprint density at radius 3 is 2.58 bits per heavy atom. The average molecular weight is 259 g/mol. The molecule has 0 aliphatic heterocycles. The van der Waals surface area contributed by atoms with Crippen molar-refractivity contribution in [1.29, 1.82) is 0 Å². The van der Waals surface area contributed by atoms with Gasteiger partial charge >= 0.3 is 6.01 Å². The Morgan fingerprint density at radius 2 is 1.84 bits per heavy atom. The SMILES string of the molecule is OC(CNCc1ccccc1)COc1ncccn1. The minimum absolute atomic E-state index is 0.172. The van der Waals surface area contributed by atoms with Crippen LogP contribution in [0.3, 0.4) is 0 Å². The molecule has 0 radical (unpaired) electrons. The van der Waals surface area contributed by atoms with E-state index in [4.69, 9.17) is 4.74 Å². The van der Waals surface area contributed by atoms with Crippen LogP contribution in [0.25, 0.3) is 0 Å². The Morgan fingerprint density at radius 1 is 1.11 bits per heavy atom. The van der Waals surface area contributed by atoms with E-state index in [0.717, 1.165) is 6.54 Å². The normalized spacial score (nSPS) is 12.1. The number of hydrogen-bond donors (Lipinski definition) is 2. The van der Waals surface area contributed by atoms with Crippen molar-refractivity contribution < 1.29 is 9.84 Å². The second-order valence-electron chi connectivity index (χ2n) is 4.11. The number of aromatic nitrogens is 2. The van der Waals surface area contributed by atoms with Gasteiger partial charge in [-0.15, -0.1) is 0 Å². The molecular formula is C14H17N3O2. The summed E-state index contributed by atoms with van der Waals surface area (Å²) >= 11 is 0. The van der Waals surface area contributed by atoms with Crippen LogP contribution in [0.2, 0.25) is 0 Å². The summed E-state index contributed by atoms with van der Waals surface area (Å²) in [7, 11) is 0. The highest BCUT2D eigenvalue weighted by molar-refractivity contribution is 5.14. The van der Waals surface area contributed by atoms with E-state index in [9.17, 15) is 5.11 Å². The minimum atomic E-state index is -0.590. The van der Waals surface area contributed by atoms with E-state index < -0.39 is 6.10 Å². The largest absolute Gasteiger partial charge is 0.461 e. The van der Waals surface area contributed by atoms with Crippen molar-refractivity contribution in [2.75, 3.05) is 13.2 Å². The molecule has 1 unspecified atom stereocenters. The van der Waals surface area contributed by atoms with Gasteiger partial charge in [0, 0.05) is 25.5 Å². The summed E-state index contributed by atoms with van der Waals surface area (Å²) in [6, 6.07) is 12.0. The summed E-state index contributed by atoms with van der Waals surface area (Å²) < 4.78 is 5.26. The lowest BCUT2D eigenvalue weighted by atomic mass is 10.2. The summed E-state index contributed by atoms with van der Waals surface area (Å²) in [4.78, 5) is 7.83. The molecule has 0 saturated heterocycles. The summed E-state index contributed by atoms with van der Waals surface area (Å²) in [6.07, 6.45) is 2.61. The molecule has 0 aliphatic rings. The molecule has 0 bridgehead atoms. The molecule has 100 valence electrons. The van der Waals surface area contributed by atoms with Crippen molar-refractivity contribution >= 4 is 0 Å². The molecule has 0 saturated carbocycles. The molecule has 1 aromatic carbocycles. The molecule has 2 rings (SSSR count). The molecular weight excluding hydrogens is 242 g/mol. The smallest absolute Gasteiger partial charge is 0.316 e. The van der Waals surface area contributed by atoms with Crippen LogP contribution in [0.4, 0.5) is 0 Å². The van der Waals surface area contributed by atoms with Gasteiger partial charge in [0.05, 0.1) is 0 Å². The number of ether oxygens (including phenoxy) is 1. The Labute approximate surface area is 112 Å². The van der Waals surface area contributed by atoms with E-state index in [0.29, 0.717) is 6.54 Å². The monoisotopic (exact) mass is 259 g/mol. The number of hydrogen-bond acceptors (Lipinski definition) is 5. The molecule has 0 amide bonds. The van der Waals surface area contributed by atoms with Crippen molar-refractivity contribution in [2.45, 2.75) is 12.6 Å². The van der Waals surface area contributed by atoms with Gasteiger partial charge in [-0.05, 0) is 11.6 Å². The quantitative estimate of drug-likeness (QED) is 0.776. The molecule has 0 aliphatic carbocycles. The van der Waals surface area contributed by atoms with Crippen molar-refractivity contribution in [3.63, 3.8) is 0 Å². The number of nitrogens with zero attached hydrogens (tertiary/aromatic N) is 2. The van der Waals surface area contributed by atoms with Crippen LogP contribution in [0.5, 0.6) is 6.01 Å². The molecule has 1 heterocycles. The summed E-state index contributed by atoms with van der Waals surface area (Å²) in [5.41, 5.74) is 1.18. The molecule has 2 N–H and O–H groups in total. The first kappa shape index (κ1) is 13.5. The number of aliphatic hydroxyl groups excluding tert-OH is 1. The van der Waals surface area contributed by atoms with Crippen LogP contribution in [-0.2, 0) is 6.54 Å². The predicted octanol–water partition coefficient (Wildman–Crippen LogP) is 1.01. The molecule has 19 heavy (non-hydrogen) atoms. The second-order valence-corrected chi connectivity index (χ2v) is 4.11. The van der Waals surface area contributed by atoms with E-state index >= 15 is 0 Å². The van der Waals surface area contributed by atoms with Crippen molar-refractivity contribution in [2.24, 2.45) is 0 Å². The Hall–Kier alpha value is -1.98. The summed E-state index contributed by atoms with van der Waals surface area (Å²) in [5.74, 6) is 0. The number of benzene rings is 1. The van der Waals surface area contributed by atoms with Crippen LogP contribution >= 0.6 is 0 Å². The lowest BCUT2D eigenvalue weighted by Gasteiger charge is -2.12. The fraction of sp³-hybridized carbons (Fsp3) is 0.286. The van der Waals surface area contributed by atoms with Gasteiger partial charge in [-0.25, -0.2) is 9.97 Å². The van der Waals surface area contributed by atoms with Crippen LogP contribution in [0.1, 0.15) is 5.56 Å². The van der Waals surface area contributed by atoms with E-state index in [-0.39, 0.29) is 12.6 Å². The topological polar surface area (TPSA) is 67.3 Å². The average Bonchev–Trinajstić information content (AvgIpc) is 2.47. The highest BCUT2D eigenvalue weighted by Crippen LogP contribution is 1.99. The zero-order chi connectivity index (χ0) is 13.3. The van der Waals surface area contributed by atoms with Gasteiger partial charge in [0.25, 0.3) is 0 Å². The van der Waals surface area contributed by atoms with Crippen LogP contribution in [0.15, 0.2) is 48.8 Å². The number of nitrogens with one attached hydrogen (secondary N) is 1. The Balaban J connectivity index is 1.64. The third-order valence-corrected chi connectivity index (χ3v) is 2.50. The van der Waals surface area contributed by atoms with E-state index in [1.807, 2.05) is 30.3 Å². The van der Waals surface area contributed by atoms with Gasteiger partial charge in [0.2, 0.25) is 0 Å².